The van der Waals surface area contributed by atoms with Crippen molar-refractivity contribution >= 4 is 17.9 Å². The van der Waals surface area contributed by atoms with Gasteiger partial charge in [-0.15, -0.1) is 6.58 Å². The molecule has 1 saturated heterocycles. The number of aliphatic hydroxyl groups is 4. The molecule has 0 amide bonds. The number of carboxylic acid groups (broad SMARTS) is 1. The van der Waals surface area contributed by atoms with E-state index in [2.05, 4.69) is 16.9 Å². The van der Waals surface area contributed by atoms with Crippen molar-refractivity contribution in [2.45, 2.75) is 43.9 Å². The summed E-state index contributed by atoms with van der Waals surface area (Å²) in [7, 11) is 2.64. The van der Waals surface area contributed by atoms with Crippen molar-refractivity contribution in [1.82, 2.24) is 5.32 Å². The van der Waals surface area contributed by atoms with E-state index in [1.54, 1.807) is 25.3 Å². The Kier molecular flexibility index (Phi) is 13.3. The SMILES string of the molecule is C=C[C@H]1[C@H](O[C@@H]2O[C@H](CO)[C@@H](O)[C@H](O)[C@H]2OCC)OC=C(C(=O)OC)[C@H]1/C=C/C1=C[NH+](CCO)CC(C(=O)O)=C1NC(N)=NC. The number of esters is 1. The molecule has 250 valence electrons. The average Bonchev–Trinajstić information content (AvgIpc) is 3.03. The number of methoxy groups -OCH3 is 1. The number of carbonyl (C=O) groups is 2. The van der Waals surface area contributed by atoms with Crippen LogP contribution in [0.1, 0.15) is 6.92 Å². The van der Waals surface area contributed by atoms with E-state index in [0.717, 1.165) is 6.26 Å². The highest BCUT2D eigenvalue weighted by molar-refractivity contribution is 5.92. The van der Waals surface area contributed by atoms with Gasteiger partial charge in [0, 0.05) is 19.6 Å². The third-order valence-corrected chi connectivity index (χ3v) is 7.58. The van der Waals surface area contributed by atoms with Crippen LogP contribution in [0.3, 0.4) is 0 Å². The molecule has 0 spiro atoms. The Labute approximate surface area is 260 Å². The van der Waals surface area contributed by atoms with E-state index < -0.39 is 67.4 Å². The zero-order chi connectivity index (χ0) is 33.3. The summed E-state index contributed by atoms with van der Waals surface area (Å²) in [6.07, 6.45) is -0.0913. The zero-order valence-electron chi connectivity index (χ0n) is 25.4. The summed E-state index contributed by atoms with van der Waals surface area (Å²) in [6, 6.07) is 0. The fraction of sp³-hybridized carbons (Fsp3) is 0.552. The Bertz CT molecular complexity index is 1230. The molecule has 16 heteroatoms. The third kappa shape index (κ3) is 8.36. The first-order valence-electron chi connectivity index (χ1n) is 14.3. The number of hydrogen-bond donors (Lipinski definition) is 8. The normalized spacial score (nSPS) is 32.4. The van der Waals surface area contributed by atoms with Gasteiger partial charge in [-0.25, -0.2) is 9.59 Å². The minimum Gasteiger partial charge on any atom is -0.478 e. The minimum absolute atomic E-state index is 0.0000116. The predicted octanol–water partition coefficient (Wildman–Crippen LogP) is -3.12. The highest BCUT2D eigenvalue weighted by atomic mass is 16.8. The van der Waals surface area contributed by atoms with Crippen molar-refractivity contribution in [2.75, 3.05) is 47.1 Å². The molecule has 9 atom stereocenters. The number of hydrogen-bond acceptors (Lipinski definition) is 12. The number of guanidine groups is 1. The molecule has 3 aliphatic rings. The Morgan fingerprint density at radius 2 is 2.00 bits per heavy atom. The smallest absolute Gasteiger partial charge is 0.339 e. The lowest BCUT2D eigenvalue weighted by Crippen LogP contribution is -3.09. The van der Waals surface area contributed by atoms with Crippen LogP contribution in [0, 0.1) is 11.8 Å². The average molecular weight is 640 g/mol. The van der Waals surface area contributed by atoms with Gasteiger partial charge in [0.05, 0.1) is 49.3 Å². The van der Waals surface area contributed by atoms with Crippen molar-refractivity contribution in [3.63, 3.8) is 0 Å². The monoisotopic (exact) mass is 639 g/mol. The van der Waals surface area contributed by atoms with Crippen molar-refractivity contribution in [3.8, 4) is 0 Å². The molecule has 3 rings (SSSR count). The summed E-state index contributed by atoms with van der Waals surface area (Å²) in [5.41, 5.74) is 6.55. The van der Waals surface area contributed by atoms with Gasteiger partial charge in [-0.3, -0.25) is 4.99 Å². The summed E-state index contributed by atoms with van der Waals surface area (Å²) in [4.78, 5) is 29.6. The molecule has 0 bridgehead atoms. The number of carboxylic acids is 1. The maximum Gasteiger partial charge on any atom is 0.339 e. The number of quaternary nitrogens is 1. The second-order valence-corrected chi connectivity index (χ2v) is 10.3. The second-order valence-electron chi connectivity index (χ2n) is 10.3. The van der Waals surface area contributed by atoms with E-state index in [0.29, 0.717) is 10.5 Å². The number of rotatable bonds is 13. The molecule has 45 heavy (non-hydrogen) atoms. The van der Waals surface area contributed by atoms with E-state index in [9.17, 15) is 35.1 Å². The molecule has 0 aromatic carbocycles. The van der Waals surface area contributed by atoms with Gasteiger partial charge in [0.1, 0.15) is 49.3 Å². The van der Waals surface area contributed by atoms with E-state index in [1.807, 2.05) is 0 Å². The molecular weight excluding hydrogens is 596 g/mol. The standard InChI is InChI=1S/C29H42N4O12/c1-5-16-17(8-7-15-11-33(9-10-34)12-18(25(38)39)21(15)32-29(30)31-3)19(26(40)41-4)14-43-27(16)45-28-24(42-6-2)23(37)22(36)20(13-35)44-28/h5,7-8,11,14,16-17,20,22-24,27-28,34-37H,1,6,9-10,12-13H2,2-4H3,(H,38,39)(H3,30,31,32)/p+1/b8-7+/t16-,17+,20-,22-,23+,24-,27+,28+/m1/s1. The van der Waals surface area contributed by atoms with Crippen LogP contribution >= 0.6 is 0 Å². The lowest BCUT2D eigenvalue weighted by atomic mass is 9.83. The van der Waals surface area contributed by atoms with Crippen molar-refractivity contribution in [2.24, 2.45) is 22.6 Å². The number of nitrogens with one attached hydrogen (secondary N) is 2. The van der Waals surface area contributed by atoms with Crippen molar-refractivity contribution in [3.05, 3.63) is 59.7 Å². The van der Waals surface area contributed by atoms with Crippen LogP contribution in [0.25, 0.3) is 0 Å². The summed E-state index contributed by atoms with van der Waals surface area (Å²) in [5, 5.41) is 53.0. The number of ether oxygens (including phenoxy) is 5. The van der Waals surface area contributed by atoms with Gasteiger partial charge in [-0.2, -0.15) is 0 Å². The molecule has 9 N–H and O–H groups in total. The van der Waals surface area contributed by atoms with Crippen molar-refractivity contribution in [1.29, 1.82) is 0 Å². The number of nitrogens with two attached hydrogens (primary N) is 1. The quantitative estimate of drug-likeness (QED) is 0.0431. The molecule has 0 aromatic rings. The molecule has 3 heterocycles. The van der Waals surface area contributed by atoms with Crippen LogP contribution in [-0.4, -0.2) is 127 Å². The maximum atomic E-state index is 12.8. The van der Waals surface area contributed by atoms with Crippen LogP contribution in [0.15, 0.2) is 64.7 Å². The summed E-state index contributed by atoms with van der Waals surface area (Å²) >= 11 is 0. The number of aliphatic imine (C=N–C) groups is 1. The van der Waals surface area contributed by atoms with Gasteiger partial charge in [0.15, 0.2) is 12.2 Å². The first kappa shape index (κ1) is 35.9. The number of nitrogens with zero attached hydrogens (tertiary/aromatic N) is 1. The van der Waals surface area contributed by atoms with Gasteiger partial charge in [0.2, 0.25) is 6.29 Å². The summed E-state index contributed by atoms with van der Waals surface area (Å²) < 4.78 is 28.1. The molecular formula is C29H43N4O12+. The minimum atomic E-state index is -1.45. The van der Waals surface area contributed by atoms with Gasteiger partial charge in [-0.05, 0) is 6.92 Å². The molecule has 0 aromatic heterocycles. The molecule has 0 radical (unpaired) electrons. The predicted molar refractivity (Wildman–Crippen MR) is 157 cm³/mol. The zero-order valence-corrected chi connectivity index (χ0v) is 25.4. The lowest BCUT2D eigenvalue weighted by molar-refractivity contribution is -0.843. The van der Waals surface area contributed by atoms with Crippen molar-refractivity contribution < 1.29 is 63.7 Å². The first-order chi connectivity index (χ1) is 21.5. The topological polar surface area (TPSA) is 236 Å². The Morgan fingerprint density at radius 1 is 1.27 bits per heavy atom. The highest BCUT2D eigenvalue weighted by Gasteiger charge is 2.48. The number of aliphatic carboxylic acids is 1. The van der Waals surface area contributed by atoms with E-state index in [4.69, 9.17) is 29.4 Å². The van der Waals surface area contributed by atoms with Crippen LogP contribution in [0.4, 0.5) is 0 Å². The van der Waals surface area contributed by atoms with Gasteiger partial charge in [-0.1, -0.05) is 18.2 Å². The second kappa shape index (κ2) is 16.6. The summed E-state index contributed by atoms with van der Waals surface area (Å²) in [6.45, 7) is 5.20. The van der Waals surface area contributed by atoms with Crippen LogP contribution in [0.2, 0.25) is 0 Å². The molecule has 0 aliphatic carbocycles. The van der Waals surface area contributed by atoms with Gasteiger partial charge in [0.25, 0.3) is 0 Å². The van der Waals surface area contributed by atoms with E-state index in [1.165, 1.54) is 20.2 Å². The largest absolute Gasteiger partial charge is 0.478 e. The van der Waals surface area contributed by atoms with E-state index in [-0.39, 0.29) is 49.1 Å². The molecule has 0 saturated carbocycles. The molecule has 16 nitrogen and oxygen atoms in total. The number of carbonyl (C=O) groups excluding carboxylic acids is 1. The maximum absolute atomic E-state index is 12.8. The number of allylic oxidation sites excluding steroid dienone is 2. The molecule has 1 unspecified atom stereocenters. The fourth-order valence-electron chi connectivity index (χ4n) is 5.26. The van der Waals surface area contributed by atoms with E-state index >= 15 is 0 Å². The Balaban J connectivity index is 2.03. The molecule has 1 fully saturated rings. The molecule has 3 aliphatic heterocycles. The first-order valence-corrected chi connectivity index (χ1v) is 14.3. The lowest BCUT2D eigenvalue weighted by Gasteiger charge is -2.44. The Hall–Kier alpha value is -3.61. The highest BCUT2D eigenvalue weighted by Crippen LogP contribution is 2.37. The fourth-order valence-corrected chi connectivity index (χ4v) is 5.26. The third-order valence-electron chi connectivity index (χ3n) is 7.58. The van der Waals surface area contributed by atoms with Gasteiger partial charge >= 0.3 is 11.9 Å². The van der Waals surface area contributed by atoms with Crippen LogP contribution in [0.5, 0.6) is 0 Å². The van der Waals surface area contributed by atoms with Crippen LogP contribution < -0.4 is 16.0 Å². The van der Waals surface area contributed by atoms with Crippen LogP contribution in [-0.2, 0) is 33.3 Å². The Morgan fingerprint density at radius 3 is 2.58 bits per heavy atom. The van der Waals surface area contributed by atoms with Gasteiger partial charge < -0.3 is 65.2 Å². The number of aliphatic hydroxyl groups excluding tert-OH is 4. The summed E-state index contributed by atoms with van der Waals surface area (Å²) in [5.74, 6) is -3.52.